The maximum Gasteiger partial charge on any atom is 0.260 e. The Hall–Kier alpha value is -8.38. The van der Waals surface area contributed by atoms with Crippen molar-refractivity contribution in [1.82, 2.24) is 9.80 Å². The number of benzene rings is 7. The lowest BCUT2D eigenvalue weighted by atomic mass is 9.84. The molecule has 2 aliphatic rings. The van der Waals surface area contributed by atoms with Gasteiger partial charge in [0.1, 0.15) is 23.8 Å². The van der Waals surface area contributed by atoms with E-state index in [-0.39, 0.29) is 11.8 Å². The van der Waals surface area contributed by atoms with Gasteiger partial charge in [0, 0.05) is 22.3 Å². The Labute approximate surface area is 421 Å². The second kappa shape index (κ2) is 20.5. The predicted molar refractivity (Wildman–Crippen MR) is 279 cm³/mol. The predicted octanol–water partition coefficient (Wildman–Crippen LogP) is 11.8. The monoisotopic (exact) mass is 962 g/mol. The first-order valence-corrected chi connectivity index (χ1v) is 23.7. The fourth-order valence-corrected chi connectivity index (χ4v) is 9.73. The number of aliphatic imine (C=N–C) groups is 2. The van der Waals surface area contributed by atoms with Crippen LogP contribution >= 0.6 is 0 Å². The number of methoxy groups -OCH3 is 6. The Morgan fingerprint density at radius 3 is 1.00 bits per heavy atom. The van der Waals surface area contributed by atoms with E-state index in [2.05, 4.69) is 32.9 Å². The van der Waals surface area contributed by atoms with Crippen molar-refractivity contribution in [1.29, 1.82) is 0 Å². The van der Waals surface area contributed by atoms with E-state index >= 15 is 9.59 Å². The van der Waals surface area contributed by atoms with Gasteiger partial charge < -0.3 is 28.4 Å². The Morgan fingerprint density at radius 1 is 0.417 bits per heavy atom. The molecular weight excluding hydrogens is 905 g/mol. The first kappa shape index (κ1) is 48.6. The fraction of sp³-hybridized carbons (Fsp3) is 0.233. The van der Waals surface area contributed by atoms with Crippen molar-refractivity contribution >= 4 is 23.5 Å². The van der Waals surface area contributed by atoms with Gasteiger partial charge >= 0.3 is 0 Å². The molecule has 12 nitrogen and oxygen atoms in total. The normalized spacial score (nSPS) is 17.5. The number of hydrogen-bond donors (Lipinski definition) is 0. The highest BCUT2D eigenvalue weighted by molar-refractivity contribution is 6.18. The standard InChI is InChI=1S/C60H58N4O8/c1-60(2,3)45-31-41(56-61-50(37-22-14-10-15-23-37)52(39-26-18-12-19-27-39)63(56)58(65)43-33-46(67-4)54(71-8)47(34-43)68-5)30-42(32-45)57-62-51(38-24-16-11-17-25-38)53(40-28-20-13-21-29-40)64(57)59(66)44-35-48(69-6)55(72-9)49(36-44)70-7/h10-36,50-53H,1-9H3/t50-,51-,52-,53-/m0/s1. The number of nitrogens with zero attached hydrogens (tertiary/aromatic N) is 4. The molecule has 0 N–H and O–H groups in total. The zero-order valence-corrected chi connectivity index (χ0v) is 42.0. The van der Waals surface area contributed by atoms with Crippen LogP contribution in [0.25, 0.3) is 0 Å². The highest BCUT2D eigenvalue weighted by Gasteiger charge is 2.46. The van der Waals surface area contributed by atoms with Crippen LogP contribution in [-0.2, 0) is 5.41 Å². The van der Waals surface area contributed by atoms with Crippen LogP contribution in [0.2, 0.25) is 0 Å². The highest BCUT2D eigenvalue weighted by Crippen LogP contribution is 2.49. The molecule has 12 heteroatoms. The van der Waals surface area contributed by atoms with Crippen LogP contribution in [0.5, 0.6) is 34.5 Å². The zero-order chi connectivity index (χ0) is 50.7. The molecule has 0 bridgehead atoms. The summed E-state index contributed by atoms with van der Waals surface area (Å²) in [6, 6.07) is 50.6. The lowest BCUT2D eigenvalue weighted by Gasteiger charge is -2.32. The molecule has 0 unspecified atom stereocenters. The van der Waals surface area contributed by atoms with Crippen LogP contribution in [0, 0.1) is 0 Å². The van der Waals surface area contributed by atoms with Crippen LogP contribution in [0.1, 0.15) is 105 Å². The van der Waals surface area contributed by atoms with E-state index in [1.807, 2.05) is 127 Å². The Bertz CT molecular complexity index is 2900. The SMILES string of the molecule is COc1cc(C(=O)N2C(c3cc(C4=N[C@@H](c5ccccc5)[C@H](c5ccccc5)N4C(=O)c4cc(OC)c(OC)c(OC)c4)cc(C(C)(C)C)c3)=N[C@@H](c3ccccc3)[C@@H]2c2ccccc2)cc(OC)c1OC. The molecule has 7 aromatic rings. The van der Waals surface area contributed by atoms with E-state index in [1.165, 1.54) is 42.7 Å². The van der Waals surface area contributed by atoms with Crippen LogP contribution in [0.4, 0.5) is 0 Å². The molecule has 0 saturated carbocycles. The third-order valence-electron chi connectivity index (χ3n) is 13.3. The maximum absolute atomic E-state index is 15.8. The smallest absolute Gasteiger partial charge is 0.260 e. The second-order valence-electron chi connectivity index (χ2n) is 18.6. The summed E-state index contributed by atoms with van der Waals surface area (Å²) in [5.41, 5.74) is 6.03. The lowest BCUT2D eigenvalue weighted by molar-refractivity contribution is 0.0796. The van der Waals surface area contributed by atoms with Crippen LogP contribution < -0.4 is 28.4 Å². The van der Waals surface area contributed by atoms with E-state index in [4.69, 9.17) is 38.4 Å². The van der Waals surface area contributed by atoms with Crippen molar-refractivity contribution in [2.45, 2.75) is 50.4 Å². The molecule has 4 atom stereocenters. The summed E-state index contributed by atoms with van der Waals surface area (Å²) in [6.07, 6.45) is 0. The number of amidine groups is 2. The minimum absolute atomic E-state index is 0.303. The van der Waals surface area contributed by atoms with Crippen molar-refractivity contribution in [2.75, 3.05) is 42.7 Å². The van der Waals surface area contributed by atoms with Crippen LogP contribution in [0.15, 0.2) is 174 Å². The van der Waals surface area contributed by atoms with Gasteiger partial charge in [0.2, 0.25) is 11.5 Å². The first-order valence-electron chi connectivity index (χ1n) is 23.7. The molecule has 0 spiro atoms. The van der Waals surface area contributed by atoms with Crippen molar-refractivity contribution in [3.63, 3.8) is 0 Å². The first-order chi connectivity index (χ1) is 34.9. The number of ether oxygens (including phenoxy) is 6. The van der Waals surface area contributed by atoms with Crippen molar-refractivity contribution in [3.05, 3.63) is 214 Å². The number of hydrogen-bond acceptors (Lipinski definition) is 10. The van der Waals surface area contributed by atoms with E-state index < -0.39 is 29.6 Å². The van der Waals surface area contributed by atoms with Crippen molar-refractivity contribution in [2.24, 2.45) is 9.98 Å². The summed E-state index contributed by atoms with van der Waals surface area (Å²) in [6.45, 7) is 6.42. The fourth-order valence-electron chi connectivity index (χ4n) is 9.73. The van der Waals surface area contributed by atoms with Gasteiger partial charge in [0.05, 0.1) is 54.7 Å². The van der Waals surface area contributed by atoms with Gasteiger partial charge in [0.25, 0.3) is 11.8 Å². The highest BCUT2D eigenvalue weighted by atomic mass is 16.5. The average molecular weight is 963 g/mol. The molecule has 2 amide bonds. The van der Waals surface area contributed by atoms with Gasteiger partial charge in [-0.2, -0.15) is 0 Å². The summed E-state index contributed by atoms with van der Waals surface area (Å²) in [4.78, 5) is 46.3. The lowest BCUT2D eigenvalue weighted by Crippen LogP contribution is -2.39. The van der Waals surface area contributed by atoms with Crippen LogP contribution in [-0.4, -0.2) is 75.9 Å². The Morgan fingerprint density at radius 2 is 0.722 bits per heavy atom. The van der Waals surface area contributed by atoms with Gasteiger partial charge in [-0.1, -0.05) is 142 Å². The third-order valence-corrected chi connectivity index (χ3v) is 13.3. The summed E-state index contributed by atoms with van der Waals surface area (Å²) in [5, 5.41) is 0. The van der Waals surface area contributed by atoms with Gasteiger partial charge in [-0.05, 0) is 75.7 Å². The summed E-state index contributed by atoms with van der Waals surface area (Å²) in [5.74, 6) is 2.26. The van der Waals surface area contributed by atoms with Gasteiger partial charge in [-0.3, -0.25) is 29.4 Å². The minimum Gasteiger partial charge on any atom is -0.493 e. The largest absolute Gasteiger partial charge is 0.493 e. The number of rotatable bonds is 14. The molecule has 0 fully saturated rings. The van der Waals surface area contributed by atoms with E-state index in [1.54, 1.807) is 34.1 Å². The third kappa shape index (κ3) is 9.11. The average Bonchev–Trinajstić information content (AvgIpc) is 4.03. The molecule has 9 rings (SSSR count). The number of carbonyl (C=O) groups excluding carboxylic acids is 2. The molecule has 0 aromatic heterocycles. The van der Waals surface area contributed by atoms with Crippen molar-refractivity contribution in [3.8, 4) is 34.5 Å². The molecule has 366 valence electrons. The Kier molecular flexibility index (Phi) is 13.9. The maximum atomic E-state index is 15.8. The van der Waals surface area contributed by atoms with E-state index in [0.717, 1.165) is 27.8 Å². The number of amides is 2. The molecule has 2 heterocycles. The topological polar surface area (TPSA) is 121 Å². The second-order valence-corrected chi connectivity index (χ2v) is 18.6. The minimum atomic E-state index is -0.594. The van der Waals surface area contributed by atoms with Gasteiger partial charge in [-0.25, -0.2) is 0 Å². The van der Waals surface area contributed by atoms with Crippen molar-refractivity contribution < 1.29 is 38.0 Å². The summed E-state index contributed by atoms with van der Waals surface area (Å²) in [7, 11) is 9.16. The molecule has 0 radical (unpaired) electrons. The van der Waals surface area contributed by atoms with E-state index in [0.29, 0.717) is 68.4 Å². The quantitative estimate of drug-likeness (QED) is 0.106. The summed E-state index contributed by atoms with van der Waals surface area (Å²) < 4.78 is 34.5. The molecule has 72 heavy (non-hydrogen) atoms. The molecule has 0 aliphatic carbocycles. The summed E-state index contributed by atoms with van der Waals surface area (Å²) >= 11 is 0. The zero-order valence-electron chi connectivity index (χ0n) is 42.0. The van der Waals surface area contributed by atoms with E-state index in [9.17, 15) is 0 Å². The Balaban J connectivity index is 1.31. The number of carbonyl (C=O) groups is 2. The van der Waals surface area contributed by atoms with Gasteiger partial charge in [0.15, 0.2) is 23.0 Å². The molecular formula is C60H58N4O8. The van der Waals surface area contributed by atoms with Crippen LogP contribution in [0.3, 0.4) is 0 Å². The molecule has 7 aromatic carbocycles. The molecule has 0 saturated heterocycles. The van der Waals surface area contributed by atoms with Gasteiger partial charge in [-0.15, -0.1) is 0 Å². The molecule has 2 aliphatic heterocycles.